The molecule has 0 spiro atoms. The number of likely N-dealkylation sites (tertiary alicyclic amines) is 1. The number of ether oxygens (including phenoxy) is 1. The van der Waals surface area contributed by atoms with Crippen LogP contribution in [0.5, 0.6) is 5.75 Å². The summed E-state index contributed by atoms with van der Waals surface area (Å²) in [7, 11) is 4.07. The molecule has 3 heterocycles. The smallest absolute Gasteiger partial charge is 0.173 e. The van der Waals surface area contributed by atoms with Crippen LogP contribution in [-0.4, -0.2) is 54.8 Å². The Labute approximate surface area is 219 Å². The highest BCUT2D eigenvalue weighted by atomic mass is 19.1. The lowest BCUT2D eigenvalue weighted by atomic mass is 9.85. The van der Waals surface area contributed by atoms with E-state index in [1.54, 1.807) is 0 Å². The largest absolute Gasteiger partial charge is 0.483 e. The average molecular weight is 510 g/mol. The van der Waals surface area contributed by atoms with E-state index in [-0.39, 0.29) is 12.1 Å². The number of aromatic nitrogens is 6. The Morgan fingerprint density at radius 3 is 2.57 bits per heavy atom. The highest BCUT2D eigenvalue weighted by molar-refractivity contribution is 5.29. The fourth-order valence-corrected chi connectivity index (χ4v) is 5.87. The number of benzene rings is 1. The third-order valence-corrected chi connectivity index (χ3v) is 8.24. The summed E-state index contributed by atoms with van der Waals surface area (Å²) in [6.07, 6.45) is 8.70. The van der Waals surface area contributed by atoms with Crippen molar-refractivity contribution in [3.63, 3.8) is 0 Å². The van der Waals surface area contributed by atoms with Crippen molar-refractivity contribution in [1.82, 2.24) is 34.7 Å². The molecule has 8 nitrogen and oxygen atoms in total. The quantitative estimate of drug-likeness (QED) is 0.411. The van der Waals surface area contributed by atoms with Gasteiger partial charge in [0.2, 0.25) is 0 Å². The minimum atomic E-state index is -1.35. The van der Waals surface area contributed by atoms with Crippen LogP contribution in [0, 0.1) is 0 Å². The number of hydrogen-bond donors (Lipinski definition) is 0. The summed E-state index contributed by atoms with van der Waals surface area (Å²) >= 11 is 0. The Morgan fingerprint density at radius 1 is 1.08 bits per heavy atom. The summed E-state index contributed by atoms with van der Waals surface area (Å²) in [4.78, 5) is 2.17. The van der Waals surface area contributed by atoms with Crippen LogP contribution >= 0.6 is 0 Å². The Hall–Kier alpha value is -2.81. The van der Waals surface area contributed by atoms with E-state index in [4.69, 9.17) is 4.74 Å². The molecule has 5 rings (SSSR count). The number of piperidine rings is 1. The molecule has 0 unspecified atom stereocenters. The maximum Gasteiger partial charge on any atom is 0.173 e. The third-order valence-electron chi connectivity index (χ3n) is 8.24. The Kier molecular flexibility index (Phi) is 7.60. The molecule has 2 aliphatic rings. The van der Waals surface area contributed by atoms with Crippen LogP contribution in [0.3, 0.4) is 0 Å². The molecule has 1 saturated carbocycles. The van der Waals surface area contributed by atoms with Gasteiger partial charge in [0.25, 0.3) is 0 Å². The predicted molar refractivity (Wildman–Crippen MR) is 140 cm³/mol. The molecular weight excluding hydrogens is 469 g/mol. The van der Waals surface area contributed by atoms with Crippen molar-refractivity contribution in [1.29, 1.82) is 0 Å². The SMILES string of the molecule is CCCc1cccc(O[C@H](C)c2nnc(C3CCC(n4cc(C5(F)CCN(C)CC5)nn4)CC3)n2C)c1. The topological polar surface area (TPSA) is 73.9 Å². The lowest BCUT2D eigenvalue weighted by Gasteiger charge is -2.33. The molecule has 1 aliphatic heterocycles. The molecule has 0 N–H and O–H groups in total. The lowest BCUT2D eigenvalue weighted by Crippen LogP contribution is -2.38. The van der Waals surface area contributed by atoms with Gasteiger partial charge in [-0.25, -0.2) is 9.07 Å². The summed E-state index contributed by atoms with van der Waals surface area (Å²) in [6.45, 7) is 5.72. The van der Waals surface area contributed by atoms with Crippen molar-refractivity contribution < 1.29 is 9.13 Å². The zero-order chi connectivity index (χ0) is 26.0. The van der Waals surface area contributed by atoms with E-state index in [1.807, 2.05) is 44.0 Å². The zero-order valence-electron chi connectivity index (χ0n) is 22.6. The van der Waals surface area contributed by atoms with Gasteiger partial charge >= 0.3 is 0 Å². The van der Waals surface area contributed by atoms with Crippen molar-refractivity contribution in [3.8, 4) is 5.75 Å². The van der Waals surface area contributed by atoms with Gasteiger partial charge in [-0.3, -0.25) is 0 Å². The predicted octanol–water partition coefficient (Wildman–Crippen LogP) is 5.29. The van der Waals surface area contributed by atoms with Gasteiger partial charge in [-0.1, -0.05) is 30.7 Å². The second-order valence-electron chi connectivity index (χ2n) is 11.0. The van der Waals surface area contributed by atoms with Crippen LogP contribution in [0.4, 0.5) is 4.39 Å². The monoisotopic (exact) mass is 509 g/mol. The number of halogens is 1. The molecule has 0 radical (unpaired) electrons. The normalized spacial score (nSPS) is 23.2. The Bertz CT molecular complexity index is 1170. The van der Waals surface area contributed by atoms with Gasteiger partial charge < -0.3 is 14.2 Å². The summed E-state index contributed by atoms with van der Waals surface area (Å²) in [5.74, 6) is 3.06. The summed E-state index contributed by atoms with van der Waals surface area (Å²) in [6, 6.07) is 8.56. The molecule has 2 aromatic heterocycles. The van der Waals surface area contributed by atoms with Gasteiger partial charge in [0, 0.05) is 38.9 Å². The number of rotatable bonds is 8. The van der Waals surface area contributed by atoms with E-state index in [1.165, 1.54) is 5.56 Å². The highest BCUT2D eigenvalue weighted by Crippen LogP contribution is 2.39. The minimum absolute atomic E-state index is 0.194. The van der Waals surface area contributed by atoms with Crippen molar-refractivity contribution in [3.05, 3.63) is 53.4 Å². The molecule has 1 atom stereocenters. The maximum absolute atomic E-state index is 15.5. The fraction of sp³-hybridized carbons (Fsp3) is 0.643. The van der Waals surface area contributed by atoms with Crippen molar-refractivity contribution in [2.75, 3.05) is 20.1 Å². The molecule has 1 aromatic carbocycles. The molecule has 0 bridgehead atoms. The molecule has 9 heteroatoms. The molecule has 200 valence electrons. The van der Waals surface area contributed by atoms with Gasteiger partial charge in [0.1, 0.15) is 17.3 Å². The summed E-state index contributed by atoms with van der Waals surface area (Å²) < 4.78 is 25.7. The van der Waals surface area contributed by atoms with E-state index in [0.29, 0.717) is 24.5 Å². The minimum Gasteiger partial charge on any atom is -0.483 e. The van der Waals surface area contributed by atoms with E-state index in [0.717, 1.165) is 69.0 Å². The first-order valence-electron chi connectivity index (χ1n) is 13.8. The van der Waals surface area contributed by atoms with Gasteiger partial charge in [-0.15, -0.1) is 15.3 Å². The molecule has 1 aliphatic carbocycles. The van der Waals surface area contributed by atoms with Crippen molar-refractivity contribution in [2.24, 2.45) is 7.05 Å². The Balaban J connectivity index is 1.19. The van der Waals surface area contributed by atoms with Gasteiger partial charge in [-0.05, 0) is 63.8 Å². The van der Waals surface area contributed by atoms with Crippen LogP contribution in [0.2, 0.25) is 0 Å². The maximum atomic E-state index is 15.5. The van der Waals surface area contributed by atoms with Gasteiger partial charge in [-0.2, -0.15) is 0 Å². The standard InChI is InChI=1S/C28H40FN7O/c1-5-7-21-8-6-9-24(18-21)37-20(2)26-31-32-27(35(26)4)22-10-12-23(13-11-22)36-19-25(30-33-36)28(29)14-16-34(3)17-15-28/h6,8-9,18-20,22-23H,5,7,10-17H2,1-4H3/t20-,22?,23?/m1/s1. The number of hydrogen-bond acceptors (Lipinski definition) is 6. The lowest BCUT2D eigenvalue weighted by molar-refractivity contribution is 0.0632. The first-order chi connectivity index (χ1) is 17.9. The van der Waals surface area contributed by atoms with Gasteiger partial charge in [0.15, 0.2) is 17.6 Å². The molecule has 3 aromatic rings. The van der Waals surface area contributed by atoms with Crippen LogP contribution in [0.1, 0.15) is 99.8 Å². The van der Waals surface area contributed by atoms with Crippen molar-refractivity contribution >= 4 is 0 Å². The van der Waals surface area contributed by atoms with E-state index >= 15 is 4.39 Å². The highest BCUT2D eigenvalue weighted by Gasteiger charge is 2.39. The first kappa shape index (κ1) is 25.8. The van der Waals surface area contributed by atoms with Crippen LogP contribution in [-0.2, 0) is 19.1 Å². The van der Waals surface area contributed by atoms with Crippen molar-refractivity contribution in [2.45, 2.75) is 88.9 Å². The molecule has 2 fully saturated rings. The number of aryl methyl sites for hydroxylation is 1. The molecular formula is C28H40FN7O. The molecule has 37 heavy (non-hydrogen) atoms. The van der Waals surface area contributed by atoms with E-state index in [2.05, 4.69) is 49.0 Å². The summed E-state index contributed by atoms with van der Waals surface area (Å²) in [5.41, 5.74) is 0.428. The fourth-order valence-electron chi connectivity index (χ4n) is 5.87. The zero-order valence-corrected chi connectivity index (χ0v) is 22.6. The first-order valence-corrected chi connectivity index (χ1v) is 13.8. The summed E-state index contributed by atoms with van der Waals surface area (Å²) in [5, 5.41) is 17.7. The van der Waals surface area contributed by atoms with Crippen LogP contribution in [0.15, 0.2) is 30.5 Å². The average Bonchev–Trinajstić information content (AvgIpc) is 3.54. The number of nitrogens with zero attached hydrogens (tertiary/aromatic N) is 7. The molecule has 0 amide bonds. The second-order valence-corrected chi connectivity index (χ2v) is 11.0. The Morgan fingerprint density at radius 2 is 1.84 bits per heavy atom. The number of alkyl halides is 1. The van der Waals surface area contributed by atoms with Gasteiger partial charge in [0.05, 0.1) is 12.2 Å². The van der Waals surface area contributed by atoms with Crippen LogP contribution in [0.25, 0.3) is 0 Å². The van der Waals surface area contributed by atoms with E-state index < -0.39 is 5.67 Å². The third kappa shape index (κ3) is 5.56. The second kappa shape index (κ2) is 10.9. The molecule has 1 saturated heterocycles. The van der Waals surface area contributed by atoms with E-state index in [9.17, 15) is 0 Å². The van der Waals surface area contributed by atoms with Crippen LogP contribution < -0.4 is 4.74 Å².